The Morgan fingerprint density at radius 2 is 1.41 bits per heavy atom. The van der Waals surface area contributed by atoms with Crippen molar-refractivity contribution >= 4 is 57.2 Å². The van der Waals surface area contributed by atoms with Gasteiger partial charge in [0.15, 0.2) is 5.96 Å². The predicted octanol–water partition coefficient (Wildman–Crippen LogP) is 5.82. The van der Waals surface area contributed by atoms with Crippen molar-refractivity contribution < 1.29 is 50.9 Å². The zero-order valence-electron chi connectivity index (χ0n) is 25.6. The Bertz CT molecular complexity index is 1810. The summed E-state index contributed by atoms with van der Waals surface area (Å²) in [4.78, 5) is 40.2. The number of benzene rings is 3. The van der Waals surface area contributed by atoms with Crippen LogP contribution in [0.2, 0.25) is 0 Å². The number of alkyl halides is 6. The van der Waals surface area contributed by atoms with Gasteiger partial charge in [-0.3, -0.25) is 15.5 Å². The minimum atomic E-state index is -5.08. The first kappa shape index (κ1) is 37.8. The highest BCUT2D eigenvalue weighted by atomic mass is 19.4. The molecule has 1 saturated carbocycles. The largest absolute Gasteiger partial charge is 0.490 e. The number of halogens is 6. The van der Waals surface area contributed by atoms with E-state index in [0.717, 1.165) is 52.9 Å². The van der Waals surface area contributed by atoms with E-state index in [0.29, 0.717) is 11.4 Å². The summed E-state index contributed by atoms with van der Waals surface area (Å²) in [7, 11) is 0. The van der Waals surface area contributed by atoms with Gasteiger partial charge >= 0.3 is 24.3 Å². The molecule has 262 valence electrons. The fraction of sp³-hybridized carbons (Fsp3) is 0.290. The number of aliphatic carboxylic acids is 2. The Kier molecular flexibility index (Phi) is 12.3. The minimum absolute atomic E-state index is 0.0320. The number of anilines is 2. The van der Waals surface area contributed by atoms with Gasteiger partial charge in [-0.05, 0) is 54.8 Å². The number of hydrogen-bond donors (Lipinski definition) is 7. The number of carbonyl (C=O) groups excluding carboxylic acids is 1. The van der Waals surface area contributed by atoms with Gasteiger partial charge in [0.25, 0.3) is 5.91 Å². The summed E-state index contributed by atoms with van der Waals surface area (Å²) >= 11 is 0. The molecule has 1 fully saturated rings. The average Bonchev–Trinajstić information content (AvgIpc) is 3.01. The van der Waals surface area contributed by atoms with E-state index in [1.165, 1.54) is 0 Å². The molecule has 2 unspecified atom stereocenters. The van der Waals surface area contributed by atoms with Crippen LogP contribution in [0.3, 0.4) is 0 Å². The van der Waals surface area contributed by atoms with E-state index in [2.05, 4.69) is 20.9 Å². The number of amides is 1. The Morgan fingerprint density at radius 1 is 0.837 bits per heavy atom. The Labute approximate surface area is 274 Å². The number of nitrogens with two attached hydrogens (primary N) is 1. The molecule has 12 nitrogen and oxygen atoms in total. The fourth-order valence-corrected chi connectivity index (χ4v) is 4.76. The molecule has 3 aromatic carbocycles. The van der Waals surface area contributed by atoms with Crippen LogP contribution in [0.25, 0.3) is 21.7 Å². The van der Waals surface area contributed by atoms with Crippen LogP contribution in [0.5, 0.6) is 0 Å². The second-order valence-corrected chi connectivity index (χ2v) is 10.7. The van der Waals surface area contributed by atoms with E-state index < -0.39 is 24.3 Å². The molecule has 1 heterocycles. The number of aromatic nitrogens is 2. The number of aryl methyl sites for hydroxylation is 1. The normalized spacial score (nSPS) is 15.9. The maximum Gasteiger partial charge on any atom is 0.490 e. The maximum absolute atomic E-state index is 13.1. The molecular weight excluding hydrogens is 664 g/mol. The number of nitrogens with one attached hydrogen (secondary N) is 4. The molecule has 4 aromatic rings. The summed E-state index contributed by atoms with van der Waals surface area (Å²) in [6.45, 7) is 2.03. The van der Waals surface area contributed by atoms with Crippen LogP contribution in [-0.4, -0.2) is 68.4 Å². The van der Waals surface area contributed by atoms with Gasteiger partial charge in [-0.2, -0.15) is 31.3 Å². The molecule has 0 saturated heterocycles. The molecule has 0 radical (unpaired) electrons. The Morgan fingerprint density at radius 3 is 1.98 bits per heavy atom. The molecule has 1 aliphatic rings. The maximum atomic E-state index is 13.1. The van der Waals surface area contributed by atoms with Crippen molar-refractivity contribution in [3.05, 3.63) is 71.8 Å². The van der Waals surface area contributed by atoms with Crippen molar-refractivity contribution in [2.24, 2.45) is 5.73 Å². The van der Waals surface area contributed by atoms with Crippen LogP contribution in [0.4, 0.5) is 38.1 Å². The lowest BCUT2D eigenvalue weighted by molar-refractivity contribution is -0.193. The Hall–Kier alpha value is -5.68. The number of carbonyl (C=O) groups is 3. The summed E-state index contributed by atoms with van der Waals surface area (Å²) in [5.41, 5.74) is 8.02. The molecule has 2 atom stereocenters. The lowest BCUT2D eigenvalue weighted by atomic mass is 9.90. The average molecular weight is 696 g/mol. The van der Waals surface area contributed by atoms with Gasteiger partial charge in [0, 0.05) is 23.0 Å². The van der Waals surface area contributed by atoms with Gasteiger partial charge < -0.3 is 26.6 Å². The van der Waals surface area contributed by atoms with Crippen molar-refractivity contribution in [2.75, 3.05) is 10.6 Å². The molecule has 49 heavy (non-hydrogen) atoms. The van der Waals surface area contributed by atoms with Crippen molar-refractivity contribution in [3.8, 4) is 0 Å². The number of fused-ring (bicyclic) bond motifs is 2. The van der Waals surface area contributed by atoms with E-state index in [9.17, 15) is 31.1 Å². The summed E-state index contributed by atoms with van der Waals surface area (Å²) in [6.07, 6.45) is -6.15. The lowest BCUT2D eigenvalue weighted by Gasteiger charge is -2.33. The number of rotatable bonds is 5. The summed E-state index contributed by atoms with van der Waals surface area (Å²) in [5.74, 6) is -4.90. The van der Waals surface area contributed by atoms with Gasteiger partial charge in [0.05, 0.1) is 5.52 Å². The summed E-state index contributed by atoms with van der Waals surface area (Å²) < 4.78 is 63.5. The number of nitrogens with zero attached hydrogens (tertiary/aromatic N) is 2. The molecule has 1 aromatic heterocycles. The minimum Gasteiger partial charge on any atom is -0.475 e. The smallest absolute Gasteiger partial charge is 0.475 e. The van der Waals surface area contributed by atoms with E-state index in [1.54, 1.807) is 6.07 Å². The van der Waals surface area contributed by atoms with Gasteiger partial charge in [-0.25, -0.2) is 14.6 Å². The highest BCUT2D eigenvalue weighted by Gasteiger charge is 2.39. The standard InChI is InChI=1S/C27H29N7O.2C2HF3O2/c1-16-10-13-21-20(14-16)24(30-22-8-4-5-9-23(22)31-26(28)29)33-27(32-21)34-25(35)19-12-11-17-6-2-3-7-18(17)15-19;2*3-2(4,5)1(6)7/h2-3,6-7,10-15,22-23H,4-5,8-9H2,1H3,(H4,28,29,31)(H2,30,32,33,34,35);2*(H,6,7). The number of hydrogen-bond acceptors (Lipinski definition) is 7. The predicted molar refractivity (Wildman–Crippen MR) is 168 cm³/mol. The van der Waals surface area contributed by atoms with Crippen LogP contribution in [0.1, 0.15) is 41.6 Å². The molecule has 1 amide bonds. The van der Waals surface area contributed by atoms with Crippen LogP contribution in [0.15, 0.2) is 60.7 Å². The molecular formula is C31H31F6N7O5. The molecule has 5 rings (SSSR count). The van der Waals surface area contributed by atoms with Crippen LogP contribution in [-0.2, 0) is 9.59 Å². The second kappa shape index (κ2) is 15.9. The van der Waals surface area contributed by atoms with Crippen LogP contribution in [0, 0.1) is 12.3 Å². The number of carboxylic acids is 2. The molecule has 0 aliphatic heterocycles. The van der Waals surface area contributed by atoms with Crippen molar-refractivity contribution in [1.82, 2.24) is 15.3 Å². The molecule has 18 heteroatoms. The molecule has 8 N–H and O–H groups in total. The molecule has 0 spiro atoms. The summed E-state index contributed by atoms with van der Waals surface area (Å²) in [6, 6.07) is 19.6. The second-order valence-electron chi connectivity index (χ2n) is 10.7. The van der Waals surface area contributed by atoms with Crippen LogP contribution < -0.4 is 21.7 Å². The van der Waals surface area contributed by atoms with Crippen LogP contribution >= 0.6 is 0 Å². The lowest BCUT2D eigenvalue weighted by Crippen LogP contribution is -2.50. The zero-order chi connectivity index (χ0) is 36.5. The third-order valence-corrected chi connectivity index (χ3v) is 7.00. The van der Waals surface area contributed by atoms with E-state index in [1.807, 2.05) is 61.5 Å². The van der Waals surface area contributed by atoms with Gasteiger partial charge in [0.2, 0.25) is 5.95 Å². The highest BCUT2D eigenvalue weighted by Crippen LogP contribution is 2.28. The quantitative estimate of drug-likeness (QED) is 0.0758. The van der Waals surface area contributed by atoms with Gasteiger partial charge in [0.1, 0.15) is 5.82 Å². The third-order valence-electron chi connectivity index (χ3n) is 7.00. The van der Waals surface area contributed by atoms with E-state index >= 15 is 0 Å². The molecule has 1 aliphatic carbocycles. The third kappa shape index (κ3) is 11.2. The first-order valence-corrected chi connectivity index (χ1v) is 14.4. The zero-order valence-corrected chi connectivity index (χ0v) is 25.6. The number of carboxylic acid groups (broad SMARTS) is 2. The monoisotopic (exact) mass is 695 g/mol. The fourth-order valence-electron chi connectivity index (χ4n) is 4.76. The van der Waals surface area contributed by atoms with Gasteiger partial charge in [-0.1, -0.05) is 54.8 Å². The van der Waals surface area contributed by atoms with E-state index in [4.69, 9.17) is 35.9 Å². The Balaban J connectivity index is 0.000000392. The number of guanidine groups is 1. The topological polar surface area (TPSA) is 203 Å². The molecule has 0 bridgehead atoms. The van der Waals surface area contributed by atoms with Crippen molar-refractivity contribution in [1.29, 1.82) is 5.41 Å². The van der Waals surface area contributed by atoms with Crippen molar-refractivity contribution in [2.45, 2.75) is 57.0 Å². The van der Waals surface area contributed by atoms with Crippen molar-refractivity contribution in [3.63, 3.8) is 0 Å². The SMILES string of the molecule is Cc1ccc2nc(NC(=O)c3ccc4ccccc4c3)nc(NC3CCCCC3NC(=N)N)c2c1.O=C(O)C(F)(F)F.O=C(O)C(F)(F)F. The highest BCUT2D eigenvalue weighted by molar-refractivity contribution is 6.06. The first-order chi connectivity index (χ1) is 22.8. The van der Waals surface area contributed by atoms with E-state index in [-0.39, 0.29) is 29.9 Å². The summed E-state index contributed by atoms with van der Waals surface area (Å²) in [5, 5.41) is 34.4. The first-order valence-electron chi connectivity index (χ1n) is 14.4. The van der Waals surface area contributed by atoms with Gasteiger partial charge in [-0.15, -0.1) is 0 Å².